The van der Waals surface area contributed by atoms with E-state index in [2.05, 4.69) is 62.1 Å². The minimum absolute atomic E-state index is 0. The van der Waals surface area contributed by atoms with Crippen LogP contribution in [0, 0.1) is 6.92 Å². The van der Waals surface area contributed by atoms with Crippen LogP contribution in [-0.4, -0.2) is 55.2 Å². The summed E-state index contributed by atoms with van der Waals surface area (Å²) in [7, 11) is 1.80. The van der Waals surface area contributed by atoms with Gasteiger partial charge in [0.25, 0.3) is 0 Å². The number of rotatable bonds is 7. The molecule has 29 heavy (non-hydrogen) atoms. The highest BCUT2D eigenvalue weighted by atomic mass is 127. The average molecular weight is 529 g/mol. The number of thiazole rings is 1. The molecule has 6 nitrogen and oxygen atoms in total. The van der Waals surface area contributed by atoms with E-state index in [-0.39, 0.29) is 24.0 Å². The lowest BCUT2D eigenvalue weighted by Crippen LogP contribution is -2.40. The van der Waals surface area contributed by atoms with E-state index in [9.17, 15) is 0 Å². The predicted molar refractivity (Wildman–Crippen MR) is 131 cm³/mol. The zero-order chi connectivity index (χ0) is 19.8. The number of morpholine rings is 1. The fourth-order valence-electron chi connectivity index (χ4n) is 3.37. The van der Waals surface area contributed by atoms with Crippen molar-refractivity contribution in [2.45, 2.75) is 39.5 Å². The maximum absolute atomic E-state index is 5.63. The summed E-state index contributed by atoms with van der Waals surface area (Å²) in [6.07, 6.45) is 1.22. The summed E-state index contributed by atoms with van der Waals surface area (Å²) in [5, 5.41) is 10.0. The van der Waals surface area contributed by atoms with Crippen LogP contribution in [0.25, 0.3) is 0 Å². The Morgan fingerprint density at radius 2 is 2.17 bits per heavy atom. The number of aliphatic imine (C=N–C) groups is 1. The van der Waals surface area contributed by atoms with Crippen molar-refractivity contribution < 1.29 is 4.74 Å². The van der Waals surface area contributed by atoms with Crippen molar-refractivity contribution in [3.63, 3.8) is 0 Å². The molecule has 1 saturated heterocycles. The Labute approximate surface area is 195 Å². The fourth-order valence-corrected chi connectivity index (χ4v) is 4.02. The number of aryl methyl sites for hydroxylation is 1. The largest absolute Gasteiger partial charge is 0.376 e. The quantitative estimate of drug-likeness (QED) is 0.328. The van der Waals surface area contributed by atoms with E-state index in [1.165, 1.54) is 11.1 Å². The minimum atomic E-state index is 0. The summed E-state index contributed by atoms with van der Waals surface area (Å²) >= 11 is 1.70. The Kier molecular flexibility index (Phi) is 10.3. The van der Waals surface area contributed by atoms with E-state index in [1.807, 2.05) is 6.92 Å². The molecule has 0 amide bonds. The lowest BCUT2D eigenvalue weighted by Gasteiger charge is -2.31. The second kappa shape index (κ2) is 12.5. The molecule has 2 heterocycles. The van der Waals surface area contributed by atoms with Crippen molar-refractivity contribution in [2.75, 3.05) is 33.3 Å². The average Bonchev–Trinajstić information content (AvgIpc) is 3.10. The Balaban J connectivity index is 0.00000300. The first-order valence-electron chi connectivity index (χ1n) is 9.89. The third-order valence-corrected chi connectivity index (χ3v) is 5.57. The first kappa shape index (κ1) is 24.0. The van der Waals surface area contributed by atoms with Crippen LogP contribution >= 0.6 is 35.3 Å². The summed E-state index contributed by atoms with van der Waals surface area (Å²) in [6.45, 7) is 9.55. The summed E-state index contributed by atoms with van der Waals surface area (Å²) < 4.78 is 5.63. The van der Waals surface area contributed by atoms with Crippen molar-refractivity contribution in [3.05, 3.63) is 51.5 Å². The zero-order valence-corrected chi connectivity index (χ0v) is 20.6. The Bertz CT molecular complexity index is 782. The van der Waals surface area contributed by atoms with Gasteiger partial charge in [-0.3, -0.25) is 9.89 Å². The van der Waals surface area contributed by atoms with Gasteiger partial charge in [0.1, 0.15) is 0 Å². The van der Waals surface area contributed by atoms with Gasteiger partial charge < -0.3 is 15.4 Å². The molecule has 1 aromatic heterocycles. The molecule has 1 aromatic carbocycles. The van der Waals surface area contributed by atoms with Crippen LogP contribution in [0.5, 0.6) is 0 Å². The van der Waals surface area contributed by atoms with Crippen molar-refractivity contribution in [1.29, 1.82) is 0 Å². The standard InChI is InChI=1S/C21H31N5OS.HI/c1-16-13-26(9-10-27-16)14-19-6-4-5-18(11-19)12-24-21(22-3)23-8-7-20-15-28-17(2)25-20;/h4-6,11,15-16H,7-10,12-14H2,1-3H3,(H2,22,23,24);1H. The molecule has 0 saturated carbocycles. The third-order valence-electron chi connectivity index (χ3n) is 4.75. The first-order chi connectivity index (χ1) is 13.6. The molecule has 0 bridgehead atoms. The molecule has 1 atom stereocenters. The van der Waals surface area contributed by atoms with E-state index in [0.29, 0.717) is 6.10 Å². The number of ether oxygens (including phenoxy) is 1. The van der Waals surface area contributed by atoms with E-state index >= 15 is 0 Å². The Morgan fingerprint density at radius 3 is 2.90 bits per heavy atom. The van der Waals surface area contributed by atoms with Crippen molar-refractivity contribution in [2.24, 2.45) is 4.99 Å². The Morgan fingerprint density at radius 1 is 1.34 bits per heavy atom. The molecule has 1 aliphatic heterocycles. The molecule has 2 aromatic rings. The van der Waals surface area contributed by atoms with Crippen LogP contribution in [-0.2, 0) is 24.2 Å². The van der Waals surface area contributed by atoms with Gasteiger partial charge in [0.2, 0.25) is 0 Å². The van der Waals surface area contributed by atoms with E-state index in [0.717, 1.165) is 62.4 Å². The fraction of sp³-hybridized carbons (Fsp3) is 0.524. The molecule has 1 aliphatic rings. The van der Waals surface area contributed by atoms with Crippen LogP contribution in [0.3, 0.4) is 0 Å². The van der Waals surface area contributed by atoms with Crippen LogP contribution < -0.4 is 10.6 Å². The second-order valence-corrected chi connectivity index (χ2v) is 8.26. The number of hydrogen-bond acceptors (Lipinski definition) is 5. The molecule has 1 fully saturated rings. The van der Waals surface area contributed by atoms with Crippen molar-refractivity contribution in [1.82, 2.24) is 20.5 Å². The number of nitrogens with zero attached hydrogens (tertiary/aromatic N) is 3. The lowest BCUT2D eigenvalue weighted by molar-refractivity contribution is -0.0212. The van der Waals surface area contributed by atoms with Gasteiger partial charge in [-0.2, -0.15) is 0 Å². The second-order valence-electron chi connectivity index (χ2n) is 7.20. The molecule has 0 spiro atoms. The molecular formula is C21H32IN5OS. The normalized spacial score (nSPS) is 17.6. The van der Waals surface area contributed by atoms with Crippen molar-refractivity contribution in [3.8, 4) is 0 Å². The number of guanidine groups is 1. The smallest absolute Gasteiger partial charge is 0.191 e. The molecule has 0 radical (unpaired) electrons. The number of aromatic nitrogens is 1. The third kappa shape index (κ3) is 8.19. The van der Waals surface area contributed by atoms with Crippen LogP contribution in [0.4, 0.5) is 0 Å². The highest BCUT2D eigenvalue weighted by Crippen LogP contribution is 2.12. The molecule has 2 N–H and O–H groups in total. The molecule has 1 unspecified atom stereocenters. The predicted octanol–water partition coefficient (Wildman–Crippen LogP) is 3.20. The van der Waals surface area contributed by atoms with Crippen molar-refractivity contribution >= 4 is 41.3 Å². The van der Waals surface area contributed by atoms with Crippen LogP contribution in [0.1, 0.15) is 28.8 Å². The maximum Gasteiger partial charge on any atom is 0.191 e. The molecule has 160 valence electrons. The highest BCUT2D eigenvalue weighted by Gasteiger charge is 2.16. The first-order valence-corrected chi connectivity index (χ1v) is 10.8. The van der Waals surface area contributed by atoms with E-state index in [4.69, 9.17) is 4.74 Å². The Hall–Kier alpha value is -1.23. The summed E-state index contributed by atoms with van der Waals surface area (Å²) in [5.74, 6) is 0.819. The van der Waals surface area contributed by atoms with E-state index in [1.54, 1.807) is 18.4 Å². The van der Waals surface area contributed by atoms with Crippen LogP contribution in [0.15, 0.2) is 34.6 Å². The molecular weight excluding hydrogens is 497 g/mol. The van der Waals surface area contributed by atoms with Gasteiger partial charge in [-0.25, -0.2) is 4.98 Å². The van der Waals surface area contributed by atoms with Gasteiger partial charge in [0, 0.05) is 51.6 Å². The van der Waals surface area contributed by atoms with Crippen LogP contribution in [0.2, 0.25) is 0 Å². The summed E-state index contributed by atoms with van der Waals surface area (Å²) in [4.78, 5) is 11.3. The molecule has 0 aliphatic carbocycles. The summed E-state index contributed by atoms with van der Waals surface area (Å²) in [6, 6.07) is 8.77. The highest BCUT2D eigenvalue weighted by molar-refractivity contribution is 14.0. The van der Waals surface area contributed by atoms with Gasteiger partial charge in [-0.05, 0) is 25.0 Å². The number of hydrogen-bond donors (Lipinski definition) is 2. The molecule has 8 heteroatoms. The van der Waals surface area contributed by atoms with E-state index < -0.39 is 0 Å². The number of halogens is 1. The number of nitrogens with one attached hydrogen (secondary N) is 2. The van der Waals surface area contributed by atoms with Gasteiger partial charge in [-0.15, -0.1) is 35.3 Å². The van der Waals surface area contributed by atoms with Gasteiger partial charge >= 0.3 is 0 Å². The zero-order valence-electron chi connectivity index (χ0n) is 17.5. The maximum atomic E-state index is 5.63. The van der Waals surface area contributed by atoms with Gasteiger partial charge in [0.05, 0.1) is 23.4 Å². The number of benzene rings is 1. The lowest BCUT2D eigenvalue weighted by atomic mass is 10.1. The SMILES string of the molecule is CN=C(NCCc1csc(C)n1)NCc1cccc(CN2CCOC(C)C2)c1.I. The molecule has 3 rings (SSSR count). The van der Waals surface area contributed by atoms with Gasteiger partial charge in [0.15, 0.2) is 5.96 Å². The monoisotopic (exact) mass is 529 g/mol. The topological polar surface area (TPSA) is 61.8 Å². The summed E-state index contributed by atoms with van der Waals surface area (Å²) in [5.41, 5.74) is 3.74. The van der Waals surface area contributed by atoms with Gasteiger partial charge in [-0.1, -0.05) is 24.3 Å². The minimum Gasteiger partial charge on any atom is -0.376 e.